The normalized spacial score (nSPS) is 12.9. The molecular formula is C26H26F2N2O3. The van der Waals surface area contributed by atoms with Gasteiger partial charge in [-0.15, -0.1) is 0 Å². The number of carbonyl (C=O) groups excluding carboxylic acids is 1. The van der Waals surface area contributed by atoms with Gasteiger partial charge in [0, 0.05) is 37.9 Å². The maximum atomic E-state index is 12.9. The summed E-state index contributed by atoms with van der Waals surface area (Å²) in [4.78, 5) is 16.8. The van der Waals surface area contributed by atoms with Crippen LogP contribution in [0.2, 0.25) is 0 Å². The minimum absolute atomic E-state index is 0.0406. The lowest BCUT2D eigenvalue weighted by atomic mass is 9.99. The van der Waals surface area contributed by atoms with Crippen molar-refractivity contribution < 1.29 is 23.0 Å². The van der Waals surface area contributed by atoms with Crippen LogP contribution in [0, 0.1) is 0 Å². The number of nitrogens with zero attached hydrogens (tertiary/aromatic N) is 2. The van der Waals surface area contributed by atoms with Crippen LogP contribution < -0.4 is 14.4 Å². The maximum absolute atomic E-state index is 12.9. The number of benzene rings is 3. The first-order valence-corrected chi connectivity index (χ1v) is 10.7. The molecule has 0 N–H and O–H groups in total. The molecule has 0 aromatic heterocycles. The third-order valence-corrected chi connectivity index (χ3v) is 5.82. The molecule has 0 bridgehead atoms. The van der Waals surface area contributed by atoms with E-state index in [1.807, 2.05) is 24.3 Å². The molecule has 33 heavy (non-hydrogen) atoms. The Bertz CT molecular complexity index is 1120. The van der Waals surface area contributed by atoms with Crippen molar-refractivity contribution in [2.45, 2.75) is 26.1 Å². The molecule has 0 aliphatic carbocycles. The van der Waals surface area contributed by atoms with Gasteiger partial charge in [0.2, 0.25) is 0 Å². The minimum atomic E-state index is -2.93. The predicted octanol–water partition coefficient (Wildman–Crippen LogP) is 5.13. The monoisotopic (exact) mass is 452 g/mol. The maximum Gasteiger partial charge on any atom is 0.387 e. The fraction of sp³-hybridized carbons (Fsp3) is 0.269. The van der Waals surface area contributed by atoms with Crippen molar-refractivity contribution in [2.75, 3.05) is 25.6 Å². The third kappa shape index (κ3) is 5.25. The number of ether oxygens (including phenoxy) is 2. The molecule has 0 atom stereocenters. The van der Waals surface area contributed by atoms with Gasteiger partial charge in [0.05, 0.1) is 7.11 Å². The first kappa shape index (κ1) is 22.6. The van der Waals surface area contributed by atoms with Crippen LogP contribution in [0.15, 0.2) is 66.7 Å². The molecule has 1 aliphatic heterocycles. The van der Waals surface area contributed by atoms with Crippen LogP contribution in [-0.2, 0) is 19.5 Å². The van der Waals surface area contributed by atoms with Crippen LogP contribution in [0.1, 0.15) is 27.0 Å². The molecular weight excluding hydrogens is 426 g/mol. The molecule has 3 aromatic rings. The van der Waals surface area contributed by atoms with Crippen LogP contribution in [0.25, 0.3) is 0 Å². The summed E-state index contributed by atoms with van der Waals surface area (Å²) in [6.45, 7) is -0.834. The lowest BCUT2D eigenvalue weighted by molar-refractivity contribution is -0.0512. The summed E-state index contributed by atoms with van der Waals surface area (Å²) in [5.41, 5.74) is 5.15. The van der Waals surface area contributed by atoms with Crippen molar-refractivity contribution in [1.29, 1.82) is 0 Å². The molecule has 7 heteroatoms. The largest absolute Gasteiger partial charge is 0.493 e. The average molecular weight is 453 g/mol. The van der Waals surface area contributed by atoms with E-state index in [0.29, 0.717) is 12.1 Å². The molecule has 4 rings (SSSR count). The van der Waals surface area contributed by atoms with Gasteiger partial charge in [0.1, 0.15) is 0 Å². The number of fused-ring (bicyclic) bond motifs is 1. The Morgan fingerprint density at radius 3 is 2.45 bits per heavy atom. The van der Waals surface area contributed by atoms with Gasteiger partial charge in [0.15, 0.2) is 11.5 Å². The van der Waals surface area contributed by atoms with Gasteiger partial charge in [-0.05, 0) is 59.5 Å². The second-order valence-corrected chi connectivity index (χ2v) is 8.01. The Labute approximate surface area is 192 Å². The van der Waals surface area contributed by atoms with Crippen molar-refractivity contribution >= 4 is 11.6 Å². The number of amides is 1. The summed E-state index contributed by atoms with van der Waals surface area (Å²) in [7, 11) is 3.09. The average Bonchev–Trinajstić information content (AvgIpc) is 2.84. The highest BCUT2D eigenvalue weighted by atomic mass is 19.3. The lowest BCUT2D eigenvalue weighted by Crippen LogP contribution is -2.30. The highest BCUT2D eigenvalue weighted by molar-refractivity contribution is 5.94. The zero-order valence-electron chi connectivity index (χ0n) is 18.6. The van der Waals surface area contributed by atoms with E-state index in [2.05, 4.69) is 33.9 Å². The number of methoxy groups -OCH3 is 1. The second-order valence-electron chi connectivity index (χ2n) is 8.01. The topological polar surface area (TPSA) is 42.0 Å². The van der Waals surface area contributed by atoms with Crippen molar-refractivity contribution in [1.82, 2.24) is 4.90 Å². The molecule has 0 unspecified atom stereocenters. The van der Waals surface area contributed by atoms with Gasteiger partial charge in [-0.1, -0.05) is 30.3 Å². The van der Waals surface area contributed by atoms with Gasteiger partial charge >= 0.3 is 6.61 Å². The van der Waals surface area contributed by atoms with Gasteiger partial charge in [-0.25, -0.2) is 0 Å². The Balaban J connectivity index is 1.41. The number of halogens is 2. The first-order valence-electron chi connectivity index (χ1n) is 10.7. The Morgan fingerprint density at radius 2 is 1.76 bits per heavy atom. The molecule has 0 spiro atoms. The van der Waals surface area contributed by atoms with Crippen LogP contribution >= 0.6 is 0 Å². The summed E-state index contributed by atoms with van der Waals surface area (Å²) in [5.74, 6) is 0.0275. The summed E-state index contributed by atoms with van der Waals surface area (Å²) in [5, 5.41) is 0. The SMILES string of the molecule is COc1cc(CN(C)C(=O)c2ccc(N3CCc4ccccc4C3)cc2)ccc1OC(F)F. The number of alkyl halides is 2. The lowest BCUT2D eigenvalue weighted by Gasteiger charge is -2.31. The fourth-order valence-electron chi connectivity index (χ4n) is 4.10. The van der Waals surface area contributed by atoms with Crippen molar-refractivity contribution in [3.63, 3.8) is 0 Å². The van der Waals surface area contributed by atoms with Crippen molar-refractivity contribution in [3.8, 4) is 11.5 Å². The molecule has 0 radical (unpaired) electrons. The molecule has 3 aromatic carbocycles. The Hall–Kier alpha value is -3.61. The van der Waals surface area contributed by atoms with Crippen molar-refractivity contribution in [3.05, 3.63) is 89.0 Å². The smallest absolute Gasteiger partial charge is 0.387 e. The number of hydrogen-bond acceptors (Lipinski definition) is 4. The molecule has 1 amide bonds. The van der Waals surface area contributed by atoms with E-state index < -0.39 is 6.61 Å². The van der Waals surface area contributed by atoms with E-state index in [1.54, 1.807) is 24.1 Å². The highest BCUT2D eigenvalue weighted by Crippen LogP contribution is 2.30. The van der Waals surface area contributed by atoms with Crippen LogP contribution in [0.5, 0.6) is 11.5 Å². The zero-order valence-corrected chi connectivity index (χ0v) is 18.6. The Kier molecular flexibility index (Phi) is 6.77. The molecule has 1 aliphatic rings. The molecule has 1 heterocycles. The standard InChI is InChI=1S/C26H26F2N2O3/c1-29(16-18-7-12-23(33-26(27)28)24(15-18)32-2)25(31)20-8-10-22(11-9-20)30-14-13-19-5-3-4-6-21(19)17-30/h3-12,15,26H,13-14,16-17H2,1-2H3. The summed E-state index contributed by atoms with van der Waals surface area (Å²) in [6.07, 6.45) is 1.00. The zero-order chi connectivity index (χ0) is 23.4. The summed E-state index contributed by atoms with van der Waals surface area (Å²) in [6, 6.07) is 20.8. The van der Waals surface area contributed by atoms with E-state index >= 15 is 0 Å². The molecule has 0 saturated heterocycles. The quantitative estimate of drug-likeness (QED) is 0.498. The first-order chi connectivity index (χ1) is 15.9. The predicted molar refractivity (Wildman–Crippen MR) is 123 cm³/mol. The van der Waals surface area contributed by atoms with E-state index in [-0.39, 0.29) is 17.4 Å². The van der Waals surface area contributed by atoms with E-state index in [0.717, 1.165) is 30.8 Å². The molecule has 0 saturated carbocycles. The van der Waals surface area contributed by atoms with Crippen LogP contribution in [0.3, 0.4) is 0 Å². The van der Waals surface area contributed by atoms with E-state index in [4.69, 9.17) is 4.74 Å². The van der Waals surface area contributed by atoms with Gasteiger partial charge in [-0.3, -0.25) is 4.79 Å². The molecule has 0 fully saturated rings. The molecule has 172 valence electrons. The van der Waals surface area contributed by atoms with E-state index in [9.17, 15) is 13.6 Å². The number of carbonyl (C=O) groups is 1. The third-order valence-electron chi connectivity index (χ3n) is 5.82. The molecule has 5 nitrogen and oxygen atoms in total. The Morgan fingerprint density at radius 1 is 1.03 bits per heavy atom. The van der Waals surface area contributed by atoms with E-state index in [1.165, 1.54) is 24.3 Å². The highest BCUT2D eigenvalue weighted by Gasteiger charge is 2.18. The second kappa shape index (κ2) is 9.90. The fourth-order valence-corrected chi connectivity index (χ4v) is 4.10. The van der Waals surface area contributed by atoms with Gasteiger partial charge < -0.3 is 19.3 Å². The number of anilines is 1. The van der Waals surface area contributed by atoms with Crippen LogP contribution in [0.4, 0.5) is 14.5 Å². The van der Waals surface area contributed by atoms with Gasteiger partial charge in [0.25, 0.3) is 5.91 Å². The van der Waals surface area contributed by atoms with Crippen LogP contribution in [-0.4, -0.2) is 38.1 Å². The van der Waals surface area contributed by atoms with Crippen molar-refractivity contribution in [2.24, 2.45) is 0 Å². The van der Waals surface area contributed by atoms with Gasteiger partial charge in [-0.2, -0.15) is 8.78 Å². The summed E-state index contributed by atoms with van der Waals surface area (Å²) < 4.78 is 34.6. The number of rotatable bonds is 7. The minimum Gasteiger partial charge on any atom is -0.493 e. The summed E-state index contributed by atoms with van der Waals surface area (Å²) >= 11 is 0. The number of hydrogen-bond donors (Lipinski definition) is 0.